The molecule has 2 saturated heterocycles. The van der Waals surface area contributed by atoms with Crippen LogP contribution in [0.25, 0.3) is 0 Å². The highest BCUT2D eigenvalue weighted by Crippen LogP contribution is 2.22. The lowest BCUT2D eigenvalue weighted by molar-refractivity contribution is -0.142. The number of amides is 3. The molecule has 1 aromatic rings. The van der Waals surface area contributed by atoms with Crippen molar-refractivity contribution in [1.82, 2.24) is 15.1 Å². The van der Waals surface area contributed by atoms with Crippen molar-refractivity contribution >= 4 is 29.1 Å². The van der Waals surface area contributed by atoms with E-state index in [9.17, 15) is 14.4 Å². The van der Waals surface area contributed by atoms with Gasteiger partial charge in [-0.25, -0.2) is 0 Å². The molecule has 0 radical (unpaired) electrons. The fraction of sp³-hybridized carbons (Fsp3) is 0.533. The summed E-state index contributed by atoms with van der Waals surface area (Å²) in [4.78, 5) is 40.5. The van der Waals surface area contributed by atoms with Crippen LogP contribution in [0.15, 0.2) is 17.5 Å². The third kappa shape index (κ3) is 3.14. The lowest BCUT2D eigenvalue weighted by Crippen LogP contribution is -2.54. The summed E-state index contributed by atoms with van der Waals surface area (Å²) >= 11 is 1.42. The number of hydrogen-bond acceptors (Lipinski definition) is 4. The number of nitrogens with zero attached hydrogens (tertiary/aromatic N) is 2. The Kier molecular flexibility index (Phi) is 4.42. The highest BCUT2D eigenvalue weighted by atomic mass is 32.1. The molecule has 1 atom stereocenters. The molecule has 3 heterocycles. The van der Waals surface area contributed by atoms with Gasteiger partial charge in [0.1, 0.15) is 0 Å². The number of piperidine rings is 1. The Hall–Kier alpha value is -1.89. The topological polar surface area (TPSA) is 69.7 Å². The first-order valence-corrected chi connectivity index (χ1v) is 8.41. The fourth-order valence-electron chi connectivity index (χ4n) is 3.00. The van der Waals surface area contributed by atoms with Crippen LogP contribution >= 0.6 is 11.3 Å². The van der Waals surface area contributed by atoms with Gasteiger partial charge in [0.15, 0.2) is 0 Å². The molecule has 1 aromatic heterocycles. The predicted octanol–water partition coefficient (Wildman–Crippen LogP) is 0.559. The van der Waals surface area contributed by atoms with Gasteiger partial charge < -0.3 is 15.1 Å². The highest BCUT2D eigenvalue weighted by Gasteiger charge is 2.33. The second-order valence-corrected chi connectivity index (χ2v) is 6.63. The summed E-state index contributed by atoms with van der Waals surface area (Å²) in [5.41, 5.74) is 0. The number of thiophene rings is 1. The summed E-state index contributed by atoms with van der Waals surface area (Å²) in [5.74, 6) is -0.298. The molecule has 0 saturated carbocycles. The van der Waals surface area contributed by atoms with E-state index in [-0.39, 0.29) is 30.2 Å². The largest absolute Gasteiger partial charge is 0.353 e. The van der Waals surface area contributed by atoms with Gasteiger partial charge in [0.05, 0.1) is 17.3 Å². The number of nitrogens with one attached hydrogen (secondary N) is 1. The van der Waals surface area contributed by atoms with Gasteiger partial charge in [-0.15, -0.1) is 11.3 Å². The molecule has 0 unspecified atom stereocenters. The second-order valence-electron chi connectivity index (χ2n) is 5.68. The molecule has 22 heavy (non-hydrogen) atoms. The van der Waals surface area contributed by atoms with Crippen LogP contribution in [0, 0.1) is 5.92 Å². The van der Waals surface area contributed by atoms with E-state index in [1.54, 1.807) is 9.80 Å². The molecule has 7 heteroatoms. The van der Waals surface area contributed by atoms with E-state index < -0.39 is 0 Å². The third-order valence-corrected chi connectivity index (χ3v) is 5.00. The molecule has 3 amide bonds. The monoisotopic (exact) mass is 321 g/mol. The van der Waals surface area contributed by atoms with Crippen LogP contribution in [-0.2, 0) is 9.59 Å². The van der Waals surface area contributed by atoms with Gasteiger partial charge in [-0.1, -0.05) is 6.07 Å². The summed E-state index contributed by atoms with van der Waals surface area (Å²) in [5, 5.41) is 4.60. The van der Waals surface area contributed by atoms with Crippen molar-refractivity contribution in [3.05, 3.63) is 22.4 Å². The Labute approximate surface area is 133 Å². The number of rotatable bonds is 2. The van der Waals surface area contributed by atoms with Crippen LogP contribution in [0.5, 0.6) is 0 Å². The zero-order valence-corrected chi connectivity index (χ0v) is 13.1. The van der Waals surface area contributed by atoms with Crippen molar-refractivity contribution in [3.8, 4) is 0 Å². The highest BCUT2D eigenvalue weighted by molar-refractivity contribution is 7.12. The Balaban J connectivity index is 1.64. The predicted molar refractivity (Wildman–Crippen MR) is 82.5 cm³/mol. The van der Waals surface area contributed by atoms with Crippen molar-refractivity contribution in [2.75, 3.05) is 32.7 Å². The number of carbonyl (C=O) groups excluding carboxylic acids is 3. The first kappa shape index (κ1) is 15.0. The van der Waals surface area contributed by atoms with Crippen molar-refractivity contribution in [2.24, 2.45) is 5.92 Å². The normalized spacial score (nSPS) is 22.4. The molecule has 0 bridgehead atoms. The number of carbonyl (C=O) groups is 3. The van der Waals surface area contributed by atoms with Gasteiger partial charge in [0, 0.05) is 26.2 Å². The van der Waals surface area contributed by atoms with Crippen LogP contribution in [-0.4, -0.2) is 60.2 Å². The zero-order chi connectivity index (χ0) is 15.5. The van der Waals surface area contributed by atoms with Gasteiger partial charge >= 0.3 is 0 Å². The van der Waals surface area contributed by atoms with Crippen LogP contribution in [0.3, 0.4) is 0 Å². The summed E-state index contributed by atoms with van der Waals surface area (Å²) in [6.45, 7) is 2.35. The molecule has 2 aliphatic heterocycles. The van der Waals surface area contributed by atoms with Crippen LogP contribution in [0.2, 0.25) is 0 Å². The van der Waals surface area contributed by atoms with Crippen molar-refractivity contribution < 1.29 is 14.4 Å². The summed E-state index contributed by atoms with van der Waals surface area (Å²) in [6.07, 6.45) is 1.61. The molecule has 2 fully saturated rings. The Bertz CT molecular complexity index is 573. The van der Waals surface area contributed by atoms with E-state index in [4.69, 9.17) is 0 Å². The van der Waals surface area contributed by atoms with E-state index in [1.807, 2.05) is 17.5 Å². The van der Waals surface area contributed by atoms with Gasteiger partial charge in [0.2, 0.25) is 11.8 Å². The molecule has 0 spiro atoms. The smallest absolute Gasteiger partial charge is 0.263 e. The average Bonchev–Trinajstić information content (AvgIpc) is 3.08. The van der Waals surface area contributed by atoms with E-state index in [0.717, 1.165) is 12.8 Å². The zero-order valence-electron chi connectivity index (χ0n) is 12.3. The van der Waals surface area contributed by atoms with E-state index in [1.165, 1.54) is 11.3 Å². The minimum atomic E-state index is -0.191. The minimum absolute atomic E-state index is 0.00136. The summed E-state index contributed by atoms with van der Waals surface area (Å²) in [7, 11) is 0. The minimum Gasteiger partial charge on any atom is -0.353 e. The first-order valence-electron chi connectivity index (χ1n) is 7.53. The average molecular weight is 321 g/mol. The SMILES string of the molecule is O=C1CN(C(=O)[C@@H]2CCCN(C(=O)c3cccs3)C2)CCN1. The van der Waals surface area contributed by atoms with Crippen LogP contribution < -0.4 is 5.32 Å². The lowest BCUT2D eigenvalue weighted by atomic mass is 9.96. The molecule has 3 rings (SSSR count). The van der Waals surface area contributed by atoms with Crippen molar-refractivity contribution in [1.29, 1.82) is 0 Å². The fourth-order valence-corrected chi connectivity index (χ4v) is 3.69. The number of likely N-dealkylation sites (tertiary alicyclic amines) is 1. The summed E-state index contributed by atoms with van der Waals surface area (Å²) in [6, 6.07) is 3.67. The second kappa shape index (κ2) is 6.48. The van der Waals surface area contributed by atoms with Gasteiger partial charge in [-0.05, 0) is 24.3 Å². The lowest BCUT2D eigenvalue weighted by Gasteiger charge is -2.35. The third-order valence-electron chi connectivity index (χ3n) is 4.14. The Morgan fingerprint density at radius 2 is 2.14 bits per heavy atom. The van der Waals surface area contributed by atoms with Crippen LogP contribution in [0.1, 0.15) is 22.5 Å². The molecular formula is C15H19N3O3S. The molecule has 1 N–H and O–H groups in total. The van der Waals surface area contributed by atoms with Gasteiger partial charge in [-0.3, -0.25) is 14.4 Å². The first-order chi connectivity index (χ1) is 10.6. The molecule has 0 aromatic carbocycles. The van der Waals surface area contributed by atoms with Gasteiger partial charge in [0.25, 0.3) is 5.91 Å². The number of hydrogen-bond donors (Lipinski definition) is 1. The maximum absolute atomic E-state index is 12.6. The maximum atomic E-state index is 12.6. The Morgan fingerprint density at radius 3 is 2.86 bits per heavy atom. The van der Waals surface area contributed by atoms with Crippen LogP contribution in [0.4, 0.5) is 0 Å². The quantitative estimate of drug-likeness (QED) is 0.865. The Morgan fingerprint density at radius 1 is 1.27 bits per heavy atom. The maximum Gasteiger partial charge on any atom is 0.263 e. The molecular weight excluding hydrogens is 302 g/mol. The van der Waals surface area contributed by atoms with Gasteiger partial charge in [-0.2, -0.15) is 0 Å². The van der Waals surface area contributed by atoms with E-state index in [2.05, 4.69) is 5.32 Å². The van der Waals surface area contributed by atoms with Crippen molar-refractivity contribution in [2.45, 2.75) is 12.8 Å². The molecule has 6 nitrogen and oxygen atoms in total. The standard InChI is InChI=1S/C15H19N3O3S/c19-13-10-18(7-5-16-13)14(20)11-3-1-6-17(9-11)15(21)12-4-2-8-22-12/h2,4,8,11H,1,3,5-7,9-10H2,(H,16,19)/t11-/m1/s1. The molecule has 2 aliphatic rings. The van der Waals surface area contributed by atoms with E-state index >= 15 is 0 Å². The number of piperazine rings is 1. The summed E-state index contributed by atoms with van der Waals surface area (Å²) < 4.78 is 0. The molecule has 118 valence electrons. The van der Waals surface area contributed by atoms with Crippen molar-refractivity contribution in [3.63, 3.8) is 0 Å². The molecule has 0 aliphatic carbocycles. The van der Waals surface area contributed by atoms with E-state index in [0.29, 0.717) is 31.1 Å².